The van der Waals surface area contributed by atoms with Crippen molar-refractivity contribution >= 4 is 56.5 Å². The van der Waals surface area contributed by atoms with Gasteiger partial charge < -0.3 is 14.2 Å². The van der Waals surface area contributed by atoms with Crippen molar-refractivity contribution in [3.05, 3.63) is 96.7 Å². The topological polar surface area (TPSA) is 57.1 Å². The number of halogens is 2. The summed E-state index contributed by atoms with van der Waals surface area (Å²) in [5.74, 6) is 0.999. The number of carbonyl (C=O) groups is 1. The molecule has 0 N–H and O–H groups in total. The second kappa shape index (κ2) is 9.87. The van der Waals surface area contributed by atoms with E-state index in [0.29, 0.717) is 24.0 Å². The molecule has 3 aromatic carbocycles. The van der Waals surface area contributed by atoms with Crippen molar-refractivity contribution in [2.24, 2.45) is 4.99 Å². The van der Waals surface area contributed by atoms with Gasteiger partial charge in [-0.3, -0.25) is 0 Å². The molecule has 0 unspecified atom stereocenters. The number of cyclic esters (lactones) is 1. The van der Waals surface area contributed by atoms with Gasteiger partial charge in [0.2, 0.25) is 5.90 Å². The molecule has 0 radical (unpaired) electrons. The maximum Gasteiger partial charge on any atom is 0.363 e. The fraction of sp³-hybridized carbons (Fsp3) is 0.120. The Bertz CT molecular complexity index is 1250. The van der Waals surface area contributed by atoms with Gasteiger partial charge in [0.05, 0.1) is 7.11 Å². The number of rotatable bonds is 6. The number of hydrogen-bond donors (Lipinski definition) is 0. The Balaban J connectivity index is 1.55. The van der Waals surface area contributed by atoms with Crippen molar-refractivity contribution in [1.82, 2.24) is 0 Å². The van der Waals surface area contributed by atoms with Crippen LogP contribution in [0.3, 0.4) is 0 Å². The zero-order valence-corrected chi connectivity index (χ0v) is 21.1. The lowest BCUT2D eigenvalue weighted by Crippen LogP contribution is -2.05. The molecule has 1 aliphatic heterocycles. The van der Waals surface area contributed by atoms with Gasteiger partial charge in [-0.1, -0.05) is 40.2 Å². The second-order valence-corrected chi connectivity index (χ2v) is 9.11. The first-order valence-corrected chi connectivity index (χ1v) is 11.6. The molecule has 0 amide bonds. The van der Waals surface area contributed by atoms with Gasteiger partial charge in [-0.15, -0.1) is 0 Å². The number of hydrogen-bond acceptors (Lipinski definition) is 5. The Hall–Kier alpha value is -2.65. The Labute approximate surface area is 208 Å². The molecule has 4 rings (SSSR count). The van der Waals surface area contributed by atoms with E-state index >= 15 is 0 Å². The summed E-state index contributed by atoms with van der Waals surface area (Å²) in [5.41, 5.74) is 3.89. The molecule has 0 spiro atoms. The monoisotopic (exact) mass is 603 g/mol. The van der Waals surface area contributed by atoms with Crippen molar-refractivity contribution in [2.45, 2.75) is 13.5 Å². The van der Waals surface area contributed by atoms with Crippen LogP contribution in [0.4, 0.5) is 0 Å². The summed E-state index contributed by atoms with van der Waals surface area (Å²) in [4.78, 5) is 16.8. The van der Waals surface area contributed by atoms with Crippen LogP contribution in [0.2, 0.25) is 0 Å². The van der Waals surface area contributed by atoms with Gasteiger partial charge in [-0.05, 0) is 83.1 Å². The van der Waals surface area contributed by atoms with E-state index in [0.717, 1.165) is 30.3 Å². The van der Waals surface area contributed by atoms with E-state index in [1.54, 1.807) is 19.3 Å². The normalized spacial score (nSPS) is 14.3. The number of nitrogens with zero attached hydrogens (tertiary/aromatic N) is 1. The third kappa shape index (κ3) is 5.05. The van der Waals surface area contributed by atoms with Crippen molar-refractivity contribution in [3.8, 4) is 11.5 Å². The largest absolute Gasteiger partial charge is 0.493 e. The lowest BCUT2D eigenvalue weighted by atomic mass is 10.1. The van der Waals surface area contributed by atoms with Crippen LogP contribution in [0.5, 0.6) is 11.5 Å². The van der Waals surface area contributed by atoms with E-state index in [-0.39, 0.29) is 5.70 Å². The highest BCUT2D eigenvalue weighted by Crippen LogP contribution is 2.31. The summed E-state index contributed by atoms with van der Waals surface area (Å²) in [6.07, 6.45) is 1.68. The van der Waals surface area contributed by atoms with Crippen LogP contribution in [0.15, 0.2) is 75.8 Å². The second-order valence-electron chi connectivity index (χ2n) is 7.09. The van der Waals surface area contributed by atoms with Gasteiger partial charge in [-0.2, -0.15) is 0 Å². The fourth-order valence-electron chi connectivity index (χ4n) is 3.13. The number of benzene rings is 3. The first kappa shape index (κ1) is 22.5. The maximum absolute atomic E-state index is 12.4. The molecule has 3 aromatic rings. The number of aliphatic imine (C=N–C) groups is 1. The predicted octanol–water partition coefficient (Wildman–Crippen LogP) is 6.29. The minimum absolute atomic E-state index is 0.236. The average Bonchev–Trinajstić information content (AvgIpc) is 3.15. The smallest absolute Gasteiger partial charge is 0.363 e. The van der Waals surface area contributed by atoms with Gasteiger partial charge in [-0.25, -0.2) is 9.79 Å². The zero-order chi connectivity index (χ0) is 22.7. The molecule has 162 valence electrons. The quantitative estimate of drug-likeness (QED) is 0.189. The molecule has 0 aromatic heterocycles. The van der Waals surface area contributed by atoms with Crippen molar-refractivity contribution in [3.63, 3.8) is 0 Å². The van der Waals surface area contributed by atoms with Crippen LogP contribution in [0.1, 0.15) is 22.3 Å². The van der Waals surface area contributed by atoms with Crippen LogP contribution >= 0.6 is 38.5 Å². The summed E-state index contributed by atoms with van der Waals surface area (Å²) in [6.45, 7) is 2.40. The zero-order valence-electron chi connectivity index (χ0n) is 17.4. The van der Waals surface area contributed by atoms with Crippen LogP contribution in [0, 0.1) is 10.5 Å². The lowest BCUT2D eigenvalue weighted by Gasteiger charge is -2.12. The Kier molecular flexibility index (Phi) is 6.95. The summed E-state index contributed by atoms with van der Waals surface area (Å²) < 4.78 is 18.9. The Morgan fingerprint density at radius 2 is 1.91 bits per heavy atom. The van der Waals surface area contributed by atoms with Gasteiger partial charge >= 0.3 is 5.97 Å². The number of methoxy groups -OCH3 is 1. The number of esters is 1. The average molecular weight is 604 g/mol. The Morgan fingerprint density at radius 1 is 1.09 bits per heavy atom. The number of aryl methyl sites for hydroxylation is 1. The summed E-state index contributed by atoms with van der Waals surface area (Å²) >= 11 is 5.79. The standard InChI is InChI=1S/C25H19BrINO4/c1-15-11-17(8-9-20(15)27)24-28-21(25(29)32-24)12-16-7-10-22(23(13-16)30-2)31-14-18-5-3-4-6-19(18)26/h3-13H,14H2,1-2H3/b21-12-. The van der Waals surface area contributed by atoms with Crippen LogP contribution in [0.25, 0.3) is 6.08 Å². The SMILES string of the molecule is COc1cc(/C=C2\N=C(c3ccc(I)c(C)c3)OC2=O)ccc1OCc1ccccc1Br. The molecule has 0 saturated heterocycles. The molecule has 32 heavy (non-hydrogen) atoms. The van der Waals surface area contributed by atoms with Gasteiger partial charge in [0.25, 0.3) is 0 Å². The molecule has 0 aliphatic carbocycles. The third-order valence-electron chi connectivity index (χ3n) is 4.86. The molecule has 5 nitrogen and oxygen atoms in total. The van der Waals surface area contributed by atoms with Gasteiger partial charge in [0.15, 0.2) is 17.2 Å². The summed E-state index contributed by atoms with van der Waals surface area (Å²) in [5, 5.41) is 0. The molecule has 0 saturated carbocycles. The molecule has 0 atom stereocenters. The molecule has 0 fully saturated rings. The maximum atomic E-state index is 12.4. The highest BCUT2D eigenvalue weighted by Gasteiger charge is 2.24. The van der Waals surface area contributed by atoms with Crippen molar-refractivity contribution < 1.29 is 19.0 Å². The molecule has 0 bridgehead atoms. The highest BCUT2D eigenvalue weighted by molar-refractivity contribution is 14.1. The van der Waals surface area contributed by atoms with Crippen molar-refractivity contribution in [1.29, 1.82) is 0 Å². The molecule has 1 heterocycles. The van der Waals surface area contributed by atoms with Crippen LogP contribution in [-0.4, -0.2) is 19.0 Å². The Morgan fingerprint density at radius 3 is 2.66 bits per heavy atom. The third-order valence-corrected chi connectivity index (χ3v) is 6.84. The van der Waals surface area contributed by atoms with E-state index in [1.165, 1.54) is 0 Å². The van der Waals surface area contributed by atoms with Crippen LogP contribution in [-0.2, 0) is 16.1 Å². The van der Waals surface area contributed by atoms with Crippen LogP contribution < -0.4 is 9.47 Å². The molecule has 1 aliphatic rings. The molecular weight excluding hydrogens is 585 g/mol. The van der Waals surface area contributed by atoms with E-state index in [2.05, 4.69) is 43.5 Å². The number of carbonyl (C=O) groups excluding carboxylic acids is 1. The van der Waals surface area contributed by atoms with E-state index in [4.69, 9.17) is 14.2 Å². The van der Waals surface area contributed by atoms with Gasteiger partial charge in [0.1, 0.15) is 6.61 Å². The minimum Gasteiger partial charge on any atom is -0.493 e. The molecular formula is C25H19BrINO4. The fourth-order valence-corrected chi connectivity index (χ4v) is 3.87. The minimum atomic E-state index is -0.482. The molecule has 7 heteroatoms. The first-order chi connectivity index (χ1) is 15.4. The van der Waals surface area contributed by atoms with Gasteiger partial charge in [0, 0.05) is 19.2 Å². The van der Waals surface area contributed by atoms with Crippen molar-refractivity contribution in [2.75, 3.05) is 7.11 Å². The summed E-state index contributed by atoms with van der Waals surface area (Å²) in [7, 11) is 1.58. The van der Waals surface area contributed by atoms with E-state index in [1.807, 2.05) is 61.5 Å². The first-order valence-electron chi connectivity index (χ1n) is 9.78. The summed E-state index contributed by atoms with van der Waals surface area (Å²) in [6, 6.07) is 19.2. The lowest BCUT2D eigenvalue weighted by molar-refractivity contribution is -0.129. The predicted molar refractivity (Wildman–Crippen MR) is 136 cm³/mol. The van der Waals surface area contributed by atoms with E-state index < -0.39 is 5.97 Å². The number of ether oxygens (including phenoxy) is 3. The highest BCUT2D eigenvalue weighted by atomic mass is 127. The van der Waals surface area contributed by atoms with E-state index in [9.17, 15) is 4.79 Å².